The van der Waals surface area contributed by atoms with E-state index in [1.165, 1.54) is 11.3 Å². The summed E-state index contributed by atoms with van der Waals surface area (Å²) in [5.41, 5.74) is 2.17. The Kier molecular flexibility index (Phi) is 5.25. The molecule has 0 spiro atoms. The highest BCUT2D eigenvalue weighted by Gasteiger charge is 2.33. The van der Waals surface area contributed by atoms with Gasteiger partial charge in [-0.05, 0) is 43.7 Å². The lowest BCUT2D eigenvalue weighted by molar-refractivity contribution is -0.139. The predicted octanol–water partition coefficient (Wildman–Crippen LogP) is 3.04. The number of rotatable bonds is 4. The summed E-state index contributed by atoms with van der Waals surface area (Å²) in [6.45, 7) is 3.72. The van der Waals surface area contributed by atoms with Gasteiger partial charge in [0, 0.05) is 10.6 Å². The van der Waals surface area contributed by atoms with Gasteiger partial charge in [0.05, 0.1) is 41.0 Å². The minimum absolute atomic E-state index is 0.230. The molecule has 148 valence electrons. The summed E-state index contributed by atoms with van der Waals surface area (Å²) in [7, 11) is 0. The molecule has 1 atom stereocenters. The van der Waals surface area contributed by atoms with Crippen LogP contribution in [0.25, 0.3) is 6.08 Å². The van der Waals surface area contributed by atoms with E-state index in [0.29, 0.717) is 25.6 Å². The Balaban J connectivity index is 1.97. The van der Waals surface area contributed by atoms with Crippen molar-refractivity contribution < 1.29 is 13.9 Å². The van der Waals surface area contributed by atoms with Crippen molar-refractivity contribution in [2.24, 2.45) is 4.99 Å². The molecule has 3 aromatic rings. The number of thiazole rings is 1. The molecule has 8 heteroatoms. The molecule has 0 saturated carbocycles. The summed E-state index contributed by atoms with van der Waals surface area (Å²) < 4.78 is 12.4. The first kappa shape index (κ1) is 19.4. The van der Waals surface area contributed by atoms with Gasteiger partial charge in [0.25, 0.3) is 5.56 Å². The van der Waals surface area contributed by atoms with E-state index in [2.05, 4.69) is 4.99 Å². The minimum Gasteiger partial charge on any atom is -0.472 e. The summed E-state index contributed by atoms with van der Waals surface area (Å²) in [5.74, 6) is -0.488. The second-order valence-electron chi connectivity index (χ2n) is 6.41. The van der Waals surface area contributed by atoms with Gasteiger partial charge in [-0.2, -0.15) is 0 Å². The van der Waals surface area contributed by atoms with Crippen molar-refractivity contribution in [3.8, 4) is 0 Å². The van der Waals surface area contributed by atoms with Gasteiger partial charge in [-0.1, -0.05) is 35.1 Å². The SMILES string of the molecule is CCOC(=O)C1=C(C)N=c2s/c(=C/c3ccoc3)c(=O)n2C1c1ccc(Cl)cc1. The van der Waals surface area contributed by atoms with Crippen LogP contribution in [0.15, 0.2) is 68.3 Å². The Hall–Kier alpha value is -2.90. The van der Waals surface area contributed by atoms with Gasteiger partial charge < -0.3 is 9.15 Å². The second-order valence-corrected chi connectivity index (χ2v) is 7.86. The number of fused-ring (bicyclic) bond motifs is 1. The monoisotopic (exact) mass is 428 g/mol. The number of hydrogen-bond acceptors (Lipinski definition) is 6. The van der Waals surface area contributed by atoms with Crippen LogP contribution < -0.4 is 14.9 Å². The fourth-order valence-electron chi connectivity index (χ4n) is 3.26. The molecule has 0 aliphatic carbocycles. The standard InChI is InChI=1S/C21H17ClN2O4S/c1-3-28-20(26)17-12(2)23-21-24(18(17)14-4-6-15(22)7-5-14)19(25)16(29-21)10-13-8-9-27-11-13/h4-11,18H,3H2,1-2H3/b16-10+. The maximum atomic E-state index is 13.3. The van der Waals surface area contributed by atoms with Crippen molar-refractivity contribution >= 4 is 35.0 Å². The Bertz CT molecular complexity index is 1270. The van der Waals surface area contributed by atoms with Crippen LogP contribution in [0.2, 0.25) is 5.02 Å². The minimum atomic E-state index is -0.644. The normalized spacial score (nSPS) is 16.5. The Morgan fingerprint density at radius 3 is 2.76 bits per heavy atom. The number of benzene rings is 1. The third kappa shape index (κ3) is 3.59. The van der Waals surface area contributed by atoms with Crippen LogP contribution in [-0.4, -0.2) is 17.1 Å². The number of carbonyl (C=O) groups is 1. The largest absolute Gasteiger partial charge is 0.472 e. The van der Waals surface area contributed by atoms with E-state index in [0.717, 1.165) is 11.1 Å². The molecule has 0 radical (unpaired) electrons. The molecule has 0 amide bonds. The molecule has 4 rings (SSSR count). The lowest BCUT2D eigenvalue weighted by atomic mass is 9.96. The Labute approximate surface area is 175 Å². The Morgan fingerprint density at radius 2 is 2.10 bits per heavy atom. The smallest absolute Gasteiger partial charge is 0.338 e. The van der Waals surface area contributed by atoms with Crippen molar-refractivity contribution in [3.63, 3.8) is 0 Å². The molecule has 0 bridgehead atoms. The number of esters is 1. The number of ether oxygens (including phenoxy) is 1. The first-order chi connectivity index (χ1) is 14.0. The van der Waals surface area contributed by atoms with Gasteiger partial charge in [-0.25, -0.2) is 9.79 Å². The van der Waals surface area contributed by atoms with E-state index in [4.69, 9.17) is 20.8 Å². The van der Waals surface area contributed by atoms with Gasteiger partial charge in [-0.3, -0.25) is 9.36 Å². The molecule has 0 N–H and O–H groups in total. The molecule has 0 fully saturated rings. The van der Waals surface area contributed by atoms with Crippen LogP contribution in [0, 0.1) is 0 Å². The third-order valence-electron chi connectivity index (χ3n) is 4.54. The second kappa shape index (κ2) is 7.85. The number of furan rings is 1. The number of halogens is 1. The molecule has 1 aromatic carbocycles. The first-order valence-electron chi connectivity index (χ1n) is 8.97. The highest BCUT2D eigenvalue weighted by molar-refractivity contribution is 7.07. The lowest BCUT2D eigenvalue weighted by Crippen LogP contribution is -2.39. The van der Waals surface area contributed by atoms with Crippen molar-refractivity contribution in [3.05, 3.63) is 90.0 Å². The number of allylic oxidation sites excluding steroid dienone is 1. The van der Waals surface area contributed by atoms with Gasteiger partial charge in [0.15, 0.2) is 4.80 Å². The average Bonchev–Trinajstić information content (AvgIpc) is 3.30. The van der Waals surface area contributed by atoms with Crippen molar-refractivity contribution in [2.45, 2.75) is 19.9 Å². The summed E-state index contributed by atoms with van der Waals surface area (Å²) in [4.78, 5) is 31.1. The topological polar surface area (TPSA) is 73.8 Å². The molecule has 6 nitrogen and oxygen atoms in total. The van der Waals surface area contributed by atoms with Crippen molar-refractivity contribution in [1.82, 2.24) is 4.57 Å². The number of aromatic nitrogens is 1. The van der Waals surface area contributed by atoms with Gasteiger partial charge in [0.2, 0.25) is 0 Å². The molecular weight excluding hydrogens is 412 g/mol. The summed E-state index contributed by atoms with van der Waals surface area (Å²) in [6.07, 6.45) is 4.85. The quantitative estimate of drug-likeness (QED) is 0.599. The zero-order valence-electron chi connectivity index (χ0n) is 15.7. The maximum Gasteiger partial charge on any atom is 0.338 e. The van der Waals surface area contributed by atoms with Crippen LogP contribution in [0.1, 0.15) is 31.0 Å². The third-order valence-corrected chi connectivity index (χ3v) is 5.78. The average molecular weight is 429 g/mol. The van der Waals surface area contributed by atoms with E-state index >= 15 is 0 Å². The first-order valence-corrected chi connectivity index (χ1v) is 10.2. The lowest BCUT2D eigenvalue weighted by Gasteiger charge is -2.24. The molecular formula is C21H17ClN2O4S. The number of nitrogens with zero attached hydrogens (tertiary/aromatic N) is 2. The van der Waals surface area contributed by atoms with E-state index in [9.17, 15) is 9.59 Å². The summed E-state index contributed by atoms with van der Waals surface area (Å²) in [5, 5.41) is 0.569. The van der Waals surface area contributed by atoms with E-state index in [1.807, 2.05) is 0 Å². The maximum absolute atomic E-state index is 13.3. The fourth-order valence-corrected chi connectivity index (χ4v) is 4.43. The molecule has 29 heavy (non-hydrogen) atoms. The summed E-state index contributed by atoms with van der Waals surface area (Å²) in [6, 6.07) is 8.20. The predicted molar refractivity (Wildman–Crippen MR) is 111 cm³/mol. The van der Waals surface area contributed by atoms with Crippen LogP contribution >= 0.6 is 22.9 Å². The van der Waals surface area contributed by atoms with Gasteiger partial charge in [0.1, 0.15) is 0 Å². The van der Waals surface area contributed by atoms with Crippen LogP contribution in [0.5, 0.6) is 0 Å². The number of carbonyl (C=O) groups excluding carboxylic acids is 1. The zero-order chi connectivity index (χ0) is 20.5. The highest BCUT2D eigenvalue weighted by atomic mass is 35.5. The van der Waals surface area contributed by atoms with Crippen LogP contribution in [0.3, 0.4) is 0 Å². The Morgan fingerprint density at radius 1 is 1.34 bits per heavy atom. The molecule has 3 heterocycles. The molecule has 1 aliphatic rings. The van der Waals surface area contributed by atoms with Crippen LogP contribution in [-0.2, 0) is 9.53 Å². The van der Waals surface area contributed by atoms with E-state index in [1.54, 1.807) is 67.3 Å². The van der Waals surface area contributed by atoms with E-state index < -0.39 is 12.0 Å². The fraction of sp³-hybridized carbons (Fsp3) is 0.190. The highest BCUT2D eigenvalue weighted by Crippen LogP contribution is 2.31. The molecule has 2 aromatic heterocycles. The van der Waals surface area contributed by atoms with Crippen molar-refractivity contribution in [1.29, 1.82) is 0 Å². The zero-order valence-corrected chi connectivity index (χ0v) is 17.3. The summed E-state index contributed by atoms with van der Waals surface area (Å²) >= 11 is 7.31. The van der Waals surface area contributed by atoms with Crippen molar-refractivity contribution in [2.75, 3.05) is 6.61 Å². The molecule has 1 unspecified atom stereocenters. The van der Waals surface area contributed by atoms with E-state index in [-0.39, 0.29) is 12.2 Å². The van der Waals surface area contributed by atoms with Crippen LogP contribution in [0.4, 0.5) is 0 Å². The number of hydrogen-bond donors (Lipinski definition) is 0. The van der Waals surface area contributed by atoms with Gasteiger partial charge >= 0.3 is 5.97 Å². The molecule has 1 aliphatic heterocycles. The van der Waals surface area contributed by atoms with Gasteiger partial charge in [-0.15, -0.1) is 0 Å². The molecule has 0 saturated heterocycles.